The molecule has 0 spiro atoms. The molecule has 2 nitrogen and oxygen atoms in total. The lowest BCUT2D eigenvalue weighted by Crippen LogP contribution is -2.21. The van der Waals surface area contributed by atoms with Crippen LogP contribution in [0.5, 0.6) is 5.75 Å². The Kier molecular flexibility index (Phi) is 4.40. The molecule has 0 amide bonds. The molecule has 2 N–H and O–H groups in total. The molecule has 2 aromatic rings. The third-order valence-corrected chi connectivity index (χ3v) is 3.36. The van der Waals surface area contributed by atoms with Crippen molar-refractivity contribution in [2.75, 3.05) is 6.61 Å². The van der Waals surface area contributed by atoms with E-state index in [1.807, 2.05) is 13.8 Å². The van der Waals surface area contributed by atoms with Crippen molar-refractivity contribution in [2.45, 2.75) is 26.8 Å². The minimum atomic E-state index is -0.364. The van der Waals surface area contributed by atoms with Gasteiger partial charge in [-0.05, 0) is 49.6 Å². The number of nitrogens with two attached hydrogens (primary N) is 1. The van der Waals surface area contributed by atoms with Gasteiger partial charge >= 0.3 is 0 Å². The molecule has 106 valence electrons. The summed E-state index contributed by atoms with van der Waals surface area (Å²) in [4.78, 5) is 0. The van der Waals surface area contributed by atoms with Gasteiger partial charge in [0, 0.05) is 0 Å². The fourth-order valence-corrected chi connectivity index (χ4v) is 2.60. The molecule has 0 aliphatic rings. The van der Waals surface area contributed by atoms with Gasteiger partial charge in [-0.3, -0.25) is 0 Å². The molecule has 0 radical (unpaired) electrons. The van der Waals surface area contributed by atoms with Gasteiger partial charge in [-0.15, -0.1) is 0 Å². The molecule has 3 heteroatoms. The minimum Gasteiger partial charge on any atom is -0.489 e. The van der Waals surface area contributed by atoms with Gasteiger partial charge in [0.15, 0.2) is 11.6 Å². The lowest BCUT2D eigenvalue weighted by atomic mass is 9.95. The van der Waals surface area contributed by atoms with E-state index >= 15 is 0 Å². The SMILES string of the molecule is Cc1cc(C)c(C(N)COc2ccccc2F)c(C)c1. The van der Waals surface area contributed by atoms with E-state index in [0.717, 1.165) is 16.7 Å². The second-order valence-electron chi connectivity index (χ2n) is 5.16. The van der Waals surface area contributed by atoms with Crippen LogP contribution in [0.25, 0.3) is 0 Å². The average molecular weight is 273 g/mol. The van der Waals surface area contributed by atoms with Gasteiger partial charge in [-0.2, -0.15) is 0 Å². The Morgan fingerprint density at radius 2 is 1.70 bits per heavy atom. The first-order chi connectivity index (χ1) is 9.49. The molecule has 0 aromatic heterocycles. The van der Waals surface area contributed by atoms with E-state index in [1.165, 1.54) is 11.6 Å². The number of rotatable bonds is 4. The maximum absolute atomic E-state index is 13.5. The highest BCUT2D eigenvalue weighted by molar-refractivity contribution is 5.39. The number of benzene rings is 2. The predicted octanol–water partition coefficient (Wildman–Crippen LogP) is 3.83. The first-order valence-electron chi connectivity index (χ1n) is 6.69. The zero-order valence-corrected chi connectivity index (χ0v) is 12.1. The predicted molar refractivity (Wildman–Crippen MR) is 79.5 cm³/mol. The van der Waals surface area contributed by atoms with E-state index in [2.05, 4.69) is 19.1 Å². The summed E-state index contributed by atoms with van der Waals surface area (Å²) in [6, 6.07) is 10.3. The second kappa shape index (κ2) is 6.06. The van der Waals surface area contributed by atoms with E-state index < -0.39 is 0 Å². The van der Waals surface area contributed by atoms with Crippen molar-refractivity contribution in [3.8, 4) is 5.75 Å². The summed E-state index contributed by atoms with van der Waals surface area (Å²) in [5, 5.41) is 0. The average Bonchev–Trinajstić information content (AvgIpc) is 2.36. The van der Waals surface area contributed by atoms with Crippen molar-refractivity contribution < 1.29 is 9.13 Å². The van der Waals surface area contributed by atoms with Gasteiger partial charge < -0.3 is 10.5 Å². The van der Waals surface area contributed by atoms with E-state index in [0.29, 0.717) is 0 Å². The van der Waals surface area contributed by atoms with Crippen LogP contribution in [0.15, 0.2) is 36.4 Å². The molecule has 0 aliphatic heterocycles. The highest BCUT2D eigenvalue weighted by atomic mass is 19.1. The van der Waals surface area contributed by atoms with Gasteiger partial charge in [0.1, 0.15) is 6.61 Å². The Morgan fingerprint density at radius 3 is 2.30 bits per heavy atom. The first-order valence-corrected chi connectivity index (χ1v) is 6.69. The summed E-state index contributed by atoms with van der Waals surface area (Å²) >= 11 is 0. The number of aryl methyl sites for hydroxylation is 3. The van der Waals surface area contributed by atoms with Crippen LogP contribution in [0.3, 0.4) is 0 Å². The fourth-order valence-electron chi connectivity index (χ4n) is 2.60. The zero-order chi connectivity index (χ0) is 14.7. The van der Waals surface area contributed by atoms with Crippen LogP contribution in [-0.4, -0.2) is 6.61 Å². The van der Waals surface area contributed by atoms with Crippen molar-refractivity contribution in [1.29, 1.82) is 0 Å². The molecule has 0 heterocycles. The van der Waals surface area contributed by atoms with Gasteiger partial charge in [0.2, 0.25) is 0 Å². The maximum Gasteiger partial charge on any atom is 0.165 e. The van der Waals surface area contributed by atoms with Crippen LogP contribution in [0, 0.1) is 26.6 Å². The van der Waals surface area contributed by atoms with Crippen molar-refractivity contribution >= 4 is 0 Å². The lowest BCUT2D eigenvalue weighted by Gasteiger charge is -2.19. The number of halogens is 1. The molecular weight excluding hydrogens is 253 g/mol. The van der Waals surface area contributed by atoms with Gasteiger partial charge in [0.05, 0.1) is 6.04 Å². The van der Waals surface area contributed by atoms with Crippen molar-refractivity contribution in [3.05, 3.63) is 64.5 Å². The minimum absolute atomic E-state index is 0.241. The van der Waals surface area contributed by atoms with E-state index in [9.17, 15) is 4.39 Å². The molecule has 2 aromatic carbocycles. The molecule has 0 fully saturated rings. The summed E-state index contributed by atoms with van der Waals surface area (Å²) in [5.74, 6) is -0.123. The molecule has 2 rings (SSSR count). The Labute approximate surface area is 119 Å². The third kappa shape index (κ3) is 3.17. The fraction of sp³-hybridized carbons (Fsp3) is 0.294. The van der Waals surface area contributed by atoms with Crippen molar-refractivity contribution in [3.63, 3.8) is 0 Å². The van der Waals surface area contributed by atoms with Crippen LogP contribution < -0.4 is 10.5 Å². The molecule has 0 saturated heterocycles. The summed E-state index contributed by atoms with van der Waals surface area (Å²) in [6.45, 7) is 6.40. The first kappa shape index (κ1) is 14.5. The smallest absolute Gasteiger partial charge is 0.165 e. The van der Waals surface area contributed by atoms with Gasteiger partial charge in [-0.25, -0.2) is 4.39 Å². The Hall–Kier alpha value is -1.87. The molecular formula is C17H20FNO. The van der Waals surface area contributed by atoms with Gasteiger partial charge in [0.25, 0.3) is 0 Å². The Morgan fingerprint density at radius 1 is 1.10 bits per heavy atom. The Bertz CT molecular complexity index is 587. The van der Waals surface area contributed by atoms with E-state index in [4.69, 9.17) is 10.5 Å². The monoisotopic (exact) mass is 273 g/mol. The van der Waals surface area contributed by atoms with Crippen molar-refractivity contribution in [2.24, 2.45) is 5.73 Å². The maximum atomic E-state index is 13.5. The zero-order valence-electron chi connectivity index (χ0n) is 12.1. The van der Waals surface area contributed by atoms with Crippen LogP contribution in [0.2, 0.25) is 0 Å². The Balaban J connectivity index is 2.13. The van der Waals surface area contributed by atoms with Crippen LogP contribution in [-0.2, 0) is 0 Å². The van der Waals surface area contributed by atoms with Crippen LogP contribution in [0.4, 0.5) is 4.39 Å². The van der Waals surface area contributed by atoms with Crippen LogP contribution in [0.1, 0.15) is 28.3 Å². The third-order valence-electron chi connectivity index (χ3n) is 3.36. The number of hydrogen-bond donors (Lipinski definition) is 1. The summed E-state index contributed by atoms with van der Waals surface area (Å²) in [7, 11) is 0. The lowest BCUT2D eigenvalue weighted by molar-refractivity contribution is 0.276. The summed E-state index contributed by atoms with van der Waals surface area (Å²) in [6.07, 6.45) is 0. The van der Waals surface area contributed by atoms with Gasteiger partial charge in [-0.1, -0.05) is 29.8 Å². The molecule has 0 bridgehead atoms. The van der Waals surface area contributed by atoms with E-state index in [1.54, 1.807) is 18.2 Å². The van der Waals surface area contributed by atoms with Crippen molar-refractivity contribution in [1.82, 2.24) is 0 Å². The summed E-state index contributed by atoms with van der Waals surface area (Å²) in [5.41, 5.74) is 10.8. The standard InChI is InChI=1S/C17H20FNO/c1-11-8-12(2)17(13(3)9-11)15(19)10-20-16-7-5-4-6-14(16)18/h4-9,15H,10,19H2,1-3H3. The normalized spacial score (nSPS) is 12.2. The molecule has 0 saturated carbocycles. The molecule has 20 heavy (non-hydrogen) atoms. The number of hydrogen-bond acceptors (Lipinski definition) is 2. The van der Waals surface area contributed by atoms with Crippen LogP contribution >= 0.6 is 0 Å². The molecule has 1 atom stereocenters. The number of ether oxygens (including phenoxy) is 1. The second-order valence-corrected chi connectivity index (χ2v) is 5.16. The molecule has 0 aliphatic carbocycles. The highest BCUT2D eigenvalue weighted by Gasteiger charge is 2.14. The quantitative estimate of drug-likeness (QED) is 0.918. The number of para-hydroxylation sites is 1. The van der Waals surface area contributed by atoms with E-state index in [-0.39, 0.29) is 24.2 Å². The highest BCUT2D eigenvalue weighted by Crippen LogP contribution is 2.24. The topological polar surface area (TPSA) is 35.2 Å². The largest absolute Gasteiger partial charge is 0.489 e. The molecule has 1 unspecified atom stereocenters. The summed E-state index contributed by atoms with van der Waals surface area (Å²) < 4.78 is 19.0.